The number of amides is 1. The molecular formula is C24H24N2O2S. The summed E-state index contributed by atoms with van der Waals surface area (Å²) in [6.07, 6.45) is 4.47. The third-order valence-electron chi connectivity index (χ3n) is 7.22. The van der Waals surface area contributed by atoms with E-state index in [2.05, 4.69) is 59.5 Å². The predicted octanol–water partition coefficient (Wildman–Crippen LogP) is 4.66. The normalized spacial score (nSPS) is 31.8. The molecule has 4 nitrogen and oxygen atoms in total. The van der Waals surface area contributed by atoms with E-state index in [0.29, 0.717) is 17.2 Å². The quantitative estimate of drug-likeness (QED) is 0.729. The van der Waals surface area contributed by atoms with Crippen molar-refractivity contribution >= 4 is 23.5 Å². The van der Waals surface area contributed by atoms with Crippen molar-refractivity contribution in [2.45, 2.75) is 34.4 Å². The van der Waals surface area contributed by atoms with Gasteiger partial charge in [0, 0.05) is 28.4 Å². The predicted molar refractivity (Wildman–Crippen MR) is 115 cm³/mol. The van der Waals surface area contributed by atoms with Crippen molar-refractivity contribution in [2.24, 2.45) is 5.92 Å². The van der Waals surface area contributed by atoms with E-state index in [4.69, 9.17) is 4.74 Å². The van der Waals surface area contributed by atoms with Crippen LogP contribution in [0.5, 0.6) is 0 Å². The summed E-state index contributed by atoms with van der Waals surface area (Å²) in [7, 11) is 1.48. The molecular weight excluding hydrogens is 380 g/mol. The van der Waals surface area contributed by atoms with Crippen LogP contribution in [-0.4, -0.2) is 42.5 Å². The second-order valence-corrected chi connectivity index (χ2v) is 9.73. The fraction of sp³-hybridized carbons (Fsp3) is 0.375. The van der Waals surface area contributed by atoms with Gasteiger partial charge in [-0.15, -0.1) is 11.8 Å². The first-order valence-electron chi connectivity index (χ1n) is 10.4. The van der Waals surface area contributed by atoms with E-state index in [0.717, 1.165) is 24.5 Å². The molecule has 6 rings (SSSR count). The minimum absolute atomic E-state index is 0.164. The first-order chi connectivity index (χ1) is 14.2. The molecule has 1 amide bonds. The molecule has 2 fully saturated rings. The van der Waals surface area contributed by atoms with Crippen LogP contribution in [-0.2, 0) is 10.2 Å². The lowest BCUT2D eigenvalue weighted by atomic mass is 9.65. The van der Waals surface area contributed by atoms with Gasteiger partial charge in [-0.1, -0.05) is 42.5 Å². The highest BCUT2D eigenvalue weighted by molar-refractivity contribution is 8.00. The van der Waals surface area contributed by atoms with Crippen LogP contribution in [0.1, 0.15) is 18.4 Å². The van der Waals surface area contributed by atoms with Crippen molar-refractivity contribution in [3.8, 4) is 0 Å². The summed E-state index contributed by atoms with van der Waals surface area (Å²) in [5.74, 6) is 0.543. The number of carbonyl (C=O) groups excluding carboxylic acids is 1. The standard InChI is InChI=1S/C24H24N2O2S/c1-28-23(27)26-19-10-6-5-9-18(19)24-20-13-16(14-21(24)26)11-12-25(20)15-22(24)29-17-7-3-2-4-8-17/h2-10,14,16,20,22H,11-13,15H2,1H3/t16-,20+,22?,24?/m1/s1. The summed E-state index contributed by atoms with van der Waals surface area (Å²) in [6.45, 7) is 2.20. The molecule has 1 spiro atoms. The Balaban J connectivity index is 1.57. The van der Waals surface area contributed by atoms with Gasteiger partial charge in [-0.3, -0.25) is 4.90 Å². The monoisotopic (exact) mass is 404 g/mol. The third kappa shape index (κ3) is 2.29. The first-order valence-corrected chi connectivity index (χ1v) is 11.3. The fourth-order valence-electron chi connectivity index (χ4n) is 6.13. The average molecular weight is 405 g/mol. The van der Waals surface area contributed by atoms with E-state index in [1.165, 1.54) is 30.4 Å². The van der Waals surface area contributed by atoms with Gasteiger partial charge in [0.1, 0.15) is 0 Å². The van der Waals surface area contributed by atoms with E-state index in [1.54, 1.807) is 0 Å². The summed E-state index contributed by atoms with van der Waals surface area (Å²) < 4.78 is 5.24. The minimum Gasteiger partial charge on any atom is -0.452 e. The van der Waals surface area contributed by atoms with Gasteiger partial charge in [0.05, 0.1) is 18.2 Å². The number of fused-ring (bicyclic) bond motifs is 2. The van der Waals surface area contributed by atoms with Gasteiger partial charge in [-0.2, -0.15) is 0 Å². The number of thioether (sulfide) groups is 1. The molecule has 2 saturated heterocycles. The SMILES string of the molecule is COC(=O)N1C2=C[C@@H]3CCN4CC(Sc5ccccc5)C2(c2ccccc21)[C@@H]4C3. The van der Waals surface area contributed by atoms with Crippen molar-refractivity contribution in [1.29, 1.82) is 0 Å². The molecule has 4 atom stereocenters. The Morgan fingerprint density at radius 3 is 2.76 bits per heavy atom. The second kappa shape index (κ2) is 6.38. The highest BCUT2D eigenvalue weighted by atomic mass is 32.2. The van der Waals surface area contributed by atoms with E-state index >= 15 is 0 Å². The highest BCUT2D eigenvalue weighted by Gasteiger charge is 2.66. The van der Waals surface area contributed by atoms with E-state index < -0.39 is 0 Å². The van der Waals surface area contributed by atoms with Gasteiger partial charge in [0.15, 0.2) is 0 Å². The van der Waals surface area contributed by atoms with Crippen molar-refractivity contribution in [2.75, 3.05) is 25.1 Å². The molecule has 2 bridgehead atoms. The van der Waals surface area contributed by atoms with Gasteiger partial charge in [-0.05, 0) is 49.1 Å². The van der Waals surface area contributed by atoms with Crippen LogP contribution in [0.2, 0.25) is 0 Å². The van der Waals surface area contributed by atoms with E-state index in [-0.39, 0.29) is 11.5 Å². The molecule has 29 heavy (non-hydrogen) atoms. The molecule has 0 saturated carbocycles. The van der Waals surface area contributed by atoms with Gasteiger partial charge >= 0.3 is 6.09 Å². The molecule has 148 valence electrons. The molecule has 4 aliphatic rings. The number of methoxy groups -OCH3 is 1. The number of benzene rings is 2. The number of carbonyl (C=O) groups is 1. The molecule has 2 aromatic carbocycles. The molecule has 0 N–H and O–H groups in total. The fourth-order valence-corrected chi connectivity index (χ4v) is 7.63. The van der Waals surface area contributed by atoms with Crippen LogP contribution >= 0.6 is 11.8 Å². The smallest absolute Gasteiger partial charge is 0.418 e. The summed E-state index contributed by atoms with van der Waals surface area (Å²) in [6, 6.07) is 19.6. The lowest BCUT2D eigenvalue weighted by molar-refractivity contribution is 0.131. The van der Waals surface area contributed by atoms with Crippen molar-refractivity contribution < 1.29 is 9.53 Å². The topological polar surface area (TPSA) is 32.8 Å². The van der Waals surface area contributed by atoms with Crippen LogP contribution in [0.4, 0.5) is 10.5 Å². The zero-order valence-corrected chi connectivity index (χ0v) is 17.3. The minimum atomic E-state index is -0.276. The molecule has 1 aliphatic carbocycles. The van der Waals surface area contributed by atoms with Crippen LogP contribution in [0.3, 0.4) is 0 Å². The Hall–Kier alpha value is -2.24. The Bertz CT molecular complexity index is 1010. The van der Waals surface area contributed by atoms with Crippen LogP contribution in [0.25, 0.3) is 0 Å². The number of hydrogen-bond donors (Lipinski definition) is 0. The molecule has 2 unspecified atom stereocenters. The maximum Gasteiger partial charge on any atom is 0.418 e. The van der Waals surface area contributed by atoms with Gasteiger partial charge in [0.25, 0.3) is 0 Å². The van der Waals surface area contributed by atoms with Crippen molar-refractivity contribution in [1.82, 2.24) is 4.90 Å². The number of piperidine rings is 1. The van der Waals surface area contributed by atoms with Gasteiger partial charge in [-0.25, -0.2) is 9.69 Å². The summed E-state index contributed by atoms with van der Waals surface area (Å²) in [5, 5.41) is 0.357. The molecule has 2 aromatic rings. The molecule has 5 heteroatoms. The maximum absolute atomic E-state index is 12.9. The summed E-state index contributed by atoms with van der Waals surface area (Å²) in [5.41, 5.74) is 3.28. The lowest BCUT2D eigenvalue weighted by Crippen LogP contribution is -2.53. The zero-order valence-electron chi connectivity index (χ0n) is 16.5. The van der Waals surface area contributed by atoms with Crippen LogP contribution in [0, 0.1) is 5.92 Å². The lowest BCUT2D eigenvalue weighted by Gasteiger charge is -2.47. The van der Waals surface area contributed by atoms with Crippen molar-refractivity contribution in [3.63, 3.8) is 0 Å². The van der Waals surface area contributed by atoms with Crippen LogP contribution < -0.4 is 4.90 Å². The van der Waals surface area contributed by atoms with E-state index in [1.807, 2.05) is 22.7 Å². The third-order valence-corrected chi connectivity index (χ3v) is 8.57. The Labute approximate surface area is 175 Å². The molecule has 0 aromatic heterocycles. The number of para-hydroxylation sites is 1. The summed E-state index contributed by atoms with van der Waals surface area (Å²) in [4.78, 5) is 18.8. The maximum atomic E-state index is 12.9. The molecule has 3 aliphatic heterocycles. The highest BCUT2D eigenvalue weighted by Crippen LogP contribution is 2.63. The Kier molecular flexibility index (Phi) is 3.87. The molecule has 0 radical (unpaired) electrons. The Morgan fingerprint density at radius 1 is 1.14 bits per heavy atom. The van der Waals surface area contributed by atoms with Gasteiger partial charge in [0.2, 0.25) is 0 Å². The second-order valence-electron chi connectivity index (χ2n) is 8.46. The van der Waals surface area contributed by atoms with Gasteiger partial charge < -0.3 is 4.74 Å². The van der Waals surface area contributed by atoms with Crippen LogP contribution in [0.15, 0.2) is 71.3 Å². The molecule has 3 heterocycles. The number of anilines is 1. The number of hydrogen-bond acceptors (Lipinski definition) is 4. The number of allylic oxidation sites excluding steroid dienone is 1. The first kappa shape index (κ1) is 17.6. The zero-order chi connectivity index (χ0) is 19.6. The Morgan fingerprint density at radius 2 is 1.93 bits per heavy atom. The number of nitrogens with zero attached hydrogens (tertiary/aromatic N) is 2. The summed E-state index contributed by atoms with van der Waals surface area (Å²) >= 11 is 1.97. The number of ether oxygens (including phenoxy) is 1. The largest absolute Gasteiger partial charge is 0.452 e. The van der Waals surface area contributed by atoms with Crippen molar-refractivity contribution in [3.05, 3.63) is 71.9 Å². The van der Waals surface area contributed by atoms with E-state index in [9.17, 15) is 4.79 Å². The number of rotatable bonds is 2. The average Bonchev–Trinajstić information content (AvgIpc) is 3.26.